The fraction of sp³-hybridized carbons (Fsp3) is 1.00. The van der Waals surface area contributed by atoms with Gasteiger partial charge in [0.05, 0.1) is 12.2 Å². The molecule has 2 heteroatoms. The first-order valence-corrected chi connectivity index (χ1v) is 5.56. The molecule has 0 amide bonds. The van der Waals surface area contributed by atoms with Gasteiger partial charge in [-0.15, -0.1) is 0 Å². The van der Waals surface area contributed by atoms with Crippen molar-refractivity contribution in [3.05, 3.63) is 0 Å². The van der Waals surface area contributed by atoms with E-state index in [4.69, 9.17) is 0 Å². The zero-order valence-corrected chi connectivity index (χ0v) is 9.00. The topological polar surface area (TPSA) is 40.5 Å². The number of hydrogen-bond donors (Lipinski definition) is 2. The Labute approximate surface area is 82.0 Å². The first kappa shape index (κ1) is 12.9. The van der Waals surface area contributed by atoms with Gasteiger partial charge in [-0.3, -0.25) is 0 Å². The second-order valence-electron chi connectivity index (χ2n) is 3.79. The Kier molecular flexibility index (Phi) is 8.46. The lowest BCUT2D eigenvalue weighted by Crippen LogP contribution is -2.12. The highest BCUT2D eigenvalue weighted by atomic mass is 16.3. The van der Waals surface area contributed by atoms with Gasteiger partial charge in [-0.2, -0.15) is 0 Å². The molecule has 0 aliphatic carbocycles. The molecule has 0 aliphatic heterocycles. The van der Waals surface area contributed by atoms with Crippen LogP contribution in [0.1, 0.15) is 58.8 Å². The zero-order chi connectivity index (χ0) is 10.1. The van der Waals surface area contributed by atoms with Gasteiger partial charge in [0.25, 0.3) is 0 Å². The SMILES string of the molecule is CCCCCC(O)CCC(O)CC. The van der Waals surface area contributed by atoms with Crippen molar-refractivity contribution in [3.63, 3.8) is 0 Å². The standard InChI is InChI=1S/C11H24O2/c1-3-5-6-7-11(13)9-8-10(12)4-2/h10-13H,3-9H2,1-2H3. The number of aliphatic hydroxyl groups excluding tert-OH is 2. The minimum absolute atomic E-state index is 0.201. The Bertz CT molecular complexity index is 104. The summed E-state index contributed by atoms with van der Waals surface area (Å²) in [5.74, 6) is 0. The zero-order valence-electron chi connectivity index (χ0n) is 9.00. The molecule has 2 atom stereocenters. The van der Waals surface area contributed by atoms with Crippen molar-refractivity contribution < 1.29 is 10.2 Å². The van der Waals surface area contributed by atoms with Crippen molar-refractivity contribution in [2.24, 2.45) is 0 Å². The maximum atomic E-state index is 9.51. The first-order valence-electron chi connectivity index (χ1n) is 5.56. The molecule has 0 aromatic heterocycles. The Morgan fingerprint density at radius 2 is 1.46 bits per heavy atom. The van der Waals surface area contributed by atoms with Gasteiger partial charge in [-0.05, 0) is 25.7 Å². The molecule has 0 rings (SSSR count). The minimum Gasteiger partial charge on any atom is -0.393 e. The molecule has 0 bridgehead atoms. The van der Waals surface area contributed by atoms with Gasteiger partial charge in [-0.25, -0.2) is 0 Å². The van der Waals surface area contributed by atoms with Crippen molar-refractivity contribution in [1.82, 2.24) is 0 Å². The van der Waals surface area contributed by atoms with E-state index >= 15 is 0 Å². The van der Waals surface area contributed by atoms with Gasteiger partial charge in [0, 0.05) is 0 Å². The second kappa shape index (κ2) is 8.52. The first-order chi connectivity index (χ1) is 6.20. The molecule has 13 heavy (non-hydrogen) atoms. The fourth-order valence-corrected chi connectivity index (χ4v) is 1.36. The number of hydrogen-bond acceptors (Lipinski definition) is 2. The van der Waals surface area contributed by atoms with Gasteiger partial charge in [-0.1, -0.05) is 33.1 Å². The minimum atomic E-state index is -0.221. The Morgan fingerprint density at radius 3 is 2.00 bits per heavy atom. The number of aliphatic hydroxyl groups is 2. The lowest BCUT2D eigenvalue weighted by atomic mass is 10.0. The monoisotopic (exact) mass is 188 g/mol. The molecule has 0 aliphatic rings. The van der Waals surface area contributed by atoms with Crippen molar-refractivity contribution in [2.75, 3.05) is 0 Å². The molecule has 2 nitrogen and oxygen atoms in total. The second-order valence-corrected chi connectivity index (χ2v) is 3.79. The lowest BCUT2D eigenvalue weighted by Gasteiger charge is -2.12. The lowest BCUT2D eigenvalue weighted by molar-refractivity contribution is 0.105. The Balaban J connectivity index is 3.24. The summed E-state index contributed by atoms with van der Waals surface area (Å²) < 4.78 is 0. The van der Waals surface area contributed by atoms with E-state index in [1.807, 2.05) is 6.92 Å². The van der Waals surface area contributed by atoms with E-state index in [2.05, 4.69) is 6.92 Å². The molecule has 2 N–H and O–H groups in total. The Hall–Kier alpha value is -0.0800. The van der Waals surface area contributed by atoms with Crippen LogP contribution in [0.25, 0.3) is 0 Å². The third-order valence-corrected chi connectivity index (χ3v) is 2.45. The van der Waals surface area contributed by atoms with E-state index in [1.54, 1.807) is 0 Å². The number of rotatable bonds is 8. The quantitative estimate of drug-likeness (QED) is 0.574. The van der Waals surface area contributed by atoms with Crippen LogP contribution in [0.15, 0.2) is 0 Å². The van der Waals surface area contributed by atoms with E-state index in [1.165, 1.54) is 12.8 Å². The van der Waals surface area contributed by atoms with Crippen LogP contribution in [-0.4, -0.2) is 22.4 Å². The summed E-state index contributed by atoms with van der Waals surface area (Å²) in [5, 5.41) is 18.8. The molecule has 0 radical (unpaired) electrons. The smallest absolute Gasteiger partial charge is 0.0541 e. The van der Waals surface area contributed by atoms with E-state index in [0.29, 0.717) is 0 Å². The highest BCUT2D eigenvalue weighted by Gasteiger charge is 2.07. The molecular formula is C11H24O2. The van der Waals surface area contributed by atoms with Gasteiger partial charge in [0.15, 0.2) is 0 Å². The predicted octanol–water partition coefficient (Wildman–Crippen LogP) is 2.48. The van der Waals surface area contributed by atoms with E-state index in [-0.39, 0.29) is 12.2 Å². The molecule has 0 saturated heterocycles. The van der Waals surface area contributed by atoms with Crippen molar-refractivity contribution in [2.45, 2.75) is 71.0 Å². The fourth-order valence-electron chi connectivity index (χ4n) is 1.36. The van der Waals surface area contributed by atoms with Gasteiger partial charge >= 0.3 is 0 Å². The van der Waals surface area contributed by atoms with Crippen molar-refractivity contribution in [3.8, 4) is 0 Å². The van der Waals surface area contributed by atoms with Crippen molar-refractivity contribution >= 4 is 0 Å². The molecule has 0 fully saturated rings. The van der Waals surface area contributed by atoms with E-state index in [9.17, 15) is 10.2 Å². The summed E-state index contributed by atoms with van der Waals surface area (Å²) >= 11 is 0. The summed E-state index contributed by atoms with van der Waals surface area (Å²) in [6.45, 7) is 4.13. The van der Waals surface area contributed by atoms with Crippen LogP contribution in [0.3, 0.4) is 0 Å². The summed E-state index contributed by atoms with van der Waals surface area (Å²) in [4.78, 5) is 0. The maximum absolute atomic E-state index is 9.51. The summed E-state index contributed by atoms with van der Waals surface area (Å²) in [6.07, 6.45) is 6.26. The molecule has 0 saturated carbocycles. The average molecular weight is 188 g/mol. The van der Waals surface area contributed by atoms with Crippen LogP contribution < -0.4 is 0 Å². The molecule has 80 valence electrons. The summed E-state index contributed by atoms with van der Waals surface area (Å²) in [7, 11) is 0. The molecule has 0 aromatic carbocycles. The Morgan fingerprint density at radius 1 is 0.846 bits per heavy atom. The molecule has 2 unspecified atom stereocenters. The van der Waals surface area contributed by atoms with Crippen LogP contribution in [-0.2, 0) is 0 Å². The molecular weight excluding hydrogens is 164 g/mol. The maximum Gasteiger partial charge on any atom is 0.0541 e. The highest BCUT2D eigenvalue weighted by molar-refractivity contribution is 4.60. The van der Waals surface area contributed by atoms with Crippen molar-refractivity contribution in [1.29, 1.82) is 0 Å². The van der Waals surface area contributed by atoms with E-state index in [0.717, 1.165) is 32.1 Å². The number of unbranched alkanes of at least 4 members (excludes halogenated alkanes) is 2. The predicted molar refractivity (Wildman–Crippen MR) is 55.7 cm³/mol. The van der Waals surface area contributed by atoms with Crippen LogP contribution in [0.5, 0.6) is 0 Å². The van der Waals surface area contributed by atoms with E-state index < -0.39 is 0 Å². The van der Waals surface area contributed by atoms with Crippen LogP contribution in [0.4, 0.5) is 0 Å². The molecule has 0 aromatic rings. The van der Waals surface area contributed by atoms with Crippen LogP contribution >= 0.6 is 0 Å². The third-order valence-electron chi connectivity index (χ3n) is 2.45. The normalized spacial score (nSPS) is 15.7. The van der Waals surface area contributed by atoms with Gasteiger partial charge in [0.1, 0.15) is 0 Å². The highest BCUT2D eigenvalue weighted by Crippen LogP contribution is 2.10. The largest absolute Gasteiger partial charge is 0.393 e. The van der Waals surface area contributed by atoms with Gasteiger partial charge < -0.3 is 10.2 Å². The van der Waals surface area contributed by atoms with Crippen LogP contribution in [0.2, 0.25) is 0 Å². The average Bonchev–Trinajstić information content (AvgIpc) is 2.14. The summed E-state index contributed by atoms with van der Waals surface area (Å²) in [5.41, 5.74) is 0. The molecule has 0 spiro atoms. The molecule has 0 heterocycles. The van der Waals surface area contributed by atoms with Gasteiger partial charge in [0.2, 0.25) is 0 Å². The van der Waals surface area contributed by atoms with Crippen LogP contribution in [0, 0.1) is 0 Å². The summed E-state index contributed by atoms with van der Waals surface area (Å²) in [6, 6.07) is 0. The third kappa shape index (κ3) is 8.26.